The zero-order chi connectivity index (χ0) is 23.5. The van der Waals surface area contributed by atoms with Crippen LogP contribution in [-0.4, -0.2) is 36.5 Å². The SMILES string of the molecule is CCCC1CCC(CNc2cc(C#N)ccc2NCCC(=O)N(CC)C2CCCCC2)CC1. The number of hydrogen-bond acceptors (Lipinski definition) is 4. The fourth-order valence-corrected chi connectivity index (χ4v) is 5.78. The molecule has 33 heavy (non-hydrogen) atoms. The van der Waals surface area contributed by atoms with Crippen LogP contribution in [0.25, 0.3) is 0 Å². The second-order valence-electron chi connectivity index (χ2n) is 10.1. The number of anilines is 2. The van der Waals surface area contributed by atoms with Gasteiger partial charge in [0.1, 0.15) is 0 Å². The average Bonchev–Trinajstić information content (AvgIpc) is 2.85. The maximum atomic E-state index is 12.9. The van der Waals surface area contributed by atoms with E-state index in [2.05, 4.69) is 35.5 Å². The van der Waals surface area contributed by atoms with Crippen molar-refractivity contribution in [3.8, 4) is 6.07 Å². The van der Waals surface area contributed by atoms with Crippen LogP contribution < -0.4 is 10.6 Å². The molecular formula is C28H44N4O. The van der Waals surface area contributed by atoms with Gasteiger partial charge < -0.3 is 15.5 Å². The number of nitrogens with one attached hydrogen (secondary N) is 2. The summed E-state index contributed by atoms with van der Waals surface area (Å²) in [5, 5.41) is 16.5. The summed E-state index contributed by atoms with van der Waals surface area (Å²) in [7, 11) is 0. The summed E-state index contributed by atoms with van der Waals surface area (Å²) in [6.45, 7) is 6.75. The summed E-state index contributed by atoms with van der Waals surface area (Å²) in [5.41, 5.74) is 2.64. The molecule has 2 aliphatic carbocycles. The number of nitrogens with zero attached hydrogens (tertiary/aromatic N) is 2. The summed E-state index contributed by atoms with van der Waals surface area (Å²) < 4.78 is 0. The van der Waals surface area contributed by atoms with Gasteiger partial charge in [0.25, 0.3) is 0 Å². The second-order valence-corrected chi connectivity index (χ2v) is 10.1. The Balaban J connectivity index is 1.51. The van der Waals surface area contributed by atoms with E-state index in [1.54, 1.807) is 0 Å². The van der Waals surface area contributed by atoms with Gasteiger partial charge in [-0.15, -0.1) is 0 Å². The van der Waals surface area contributed by atoms with Crippen molar-refractivity contribution in [1.82, 2.24) is 4.90 Å². The molecule has 0 heterocycles. The maximum absolute atomic E-state index is 12.9. The first-order valence-electron chi connectivity index (χ1n) is 13.5. The molecule has 5 nitrogen and oxygen atoms in total. The van der Waals surface area contributed by atoms with Crippen LogP contribution in [0.4, 0.5) is 11.4 Å². The Kier molecular flexibility index (Phi) is 10.4. The molecule has 0 unspecified atom stereocenters. The van der Waals surface area contributed by atoms with E-state index >= 15 is 0 Å². The van der Waals surface area contributed by atoms with E-state index in [0.29, 0.717) is 30.5 Å². The smallest absolute Gasteiger partial charge is 0.224 e. The quantitative estimate of drug-likeness (QED) is 0.399. The van der Waals surface area contributed by atoms with Crippen molar-refractivity contribution in [2.45, 2.75) is 96.9 Å². The molecule has 182 valence electrons. The minimum absolute atomic E-state index is 0.254. The summed E-state index contributed by atoms with van der Waals surface area (Å²) >= 11 is 0. The van der Waals surface area contributed by atoms with E-state index in [1.807, 2.05) is 18.2 Å². The third-order valence-corrected chi connectivity index (χ3v) is 7.72. The number of carbonyl (C=O) groups is 1. The van der Waals surface area contributed by atoms with E-state index in [1.165, 1.54) is 57.8 Å². The highest BCUT2D eigenvalue weighted by molar-refractivity contribution is 5.78. The van der Waals surface area contributed by atoms with E-state index in [-0.39, 0.29) is 5.91 Å². The summed E-state index contributed by atoms with van der Waals surface area (Å²) in [4.78, 5) is 15.0. The van der Waals surface area contributed by atoms with E-state index in [0.717, 1.165) is 43.2 Å². The molecule has 2 aliphatic rings. The Morgan fingerprint density at radius 1 is 1.00 bits per heavy atom. The topological polar surface area (TPSA) is 68.2 Å². The molecule has 0 aliphatic heterocycles. The Morgan fingerprint density at radius 2 is 1.73 bits per heavy atom. The van der Waals surface area contributed by atoms with E-state index in [4.69, 9.17) is 0 Å². The Bertz CT molecular complexity index is 773. The van der Waals surface area contributed by atoms with Gasteiger partial charge in [0.2, 0.25) is 5.91 Å². The highest BCUT2D eigenvalue weighted by Gasteiger charge is 2.24. The van der Waals surface area contributed by atoms with Crippen LogP contribution in [0.3, 0.4) is 0 Å². The van der Waals surface area contributed by atoms with Gasteiger partial charge in [-0.1, -0.05) is 51.9 Å². The molecule has 0 atom stereocenters. The number of hydrogen-bond donors (Lipinski definition) is 2. The summed E-state index contributed by atoms with van der Waals surface area (Å²) in [5.74, 6) is 1.87. The number of rotatable bonds is 11. The largest absolute Gasteiger partial charge is 0.383 e. The predicted molar refractivity (Wildman–Crippen MR) is 137 cm³/mol. The van der Waals surface area contributed by atoms with Gasteiger partial charge in [0.05, 0.1) is 23.0 Å². The van der Waals surface area contributed by atoms with Gasteiger partial charge in [-0.3, -0.25) is 4.79 Å². The highest BCUT2D eigenvalue weighted by Crippen LogP contribution is 2.32. The van der Waals surface area contributed by atoms with Gasteiger partial charge in [-0.2, -0.15) is 5.26 Å². The van der Waals surface area contributed by atoms with Crippen molar-refractivity contribution in [1.29, 1.82) is 5.26 Å². The predicted octanol–water partition coefficient (Wildman–Crippen LogP) is 6.56. The Morgan fingerprint density at radius 3 is 2.39 bits per heavy atom. The third kappa shape index (κ3) is 7.66. The van der Waals surface area contributed by atoms with Gasteiger partial charge >= 0.3 is 0 Å². The fourth-order valence-electron chi connectivity index (χ4n) is 5.78. The second kappa shape index (κ2) is 13.5. The molecule has 1 aromatic rings. The Hall–Kier alpha value is -2.22. The van der Waals surface area contributed by atoms with Crippen LogP contribution in [-0.2, 0) is 4.79 Å². The van der Waals surface area contributed by atoms with Crippen molar-refractivity contribution in [2.24, 2.45) is 11.8 Å². The number of benzene rings is 1. The lowest BCUT2D eigenvalue weighted by Gasteiger charge is -2.33. The molecule has 5 heteroatoms. The molecule has 0 saturated heterocycles. The lowest BCUT2D eigenvalue weighted by molar-refractivity contribution is -0.133. The van der Waals surface area contributed by atoms with Gasteiger partial charge in [-0.05, 0) is 62.6 Å². The van der Waals surface area contributed by atoms with Crippen LogP contribution in [0.2, 0.25) is 0 Å². The summed E-state index contributed by atoms with van der Waals surface area (Å²) in [6.07, 6.45) is 14.5. The molecule has 0 aromatic heterocycles. The first-order chi connectivity index (χ1) is 16.1. The highest BCUT2D eigenvalue weighted by atomic mass is 16.2. The molecule has 0 radical (unpaired) electrons. The third-order valence-electron chi connectivity index (χ3n) is 7.72. The minimum atomic E-state index is 0.254. The van der Waals surface area contributed by atoms with Crippen molar-refractivity contribution < 1.29 is 4.79 Å². The molecular weight excluding hydrogens is 408 g/mol. The van der Waals surface area contributed by atoms with Gasteiger partial charge in [0, 0.05) is 32.1 Å². The summed E-state index contributed by atoms with van der Waals surface area (Å²) in [6, 6.07) is 8.45. The van der Waals surface area contributed by atoms with Crippen molar-refractivity contribution >= 4 is 17.3 Å². The zero-order valence-corrected chi connectivity index (χ0v) is 20.9. The molecule has 0 bridgehead atoms. The zero-order valence-electron chi connectivity index (χ0n) is 20.9. The number of carbonyl (C=O) groups excluding carboxylic acids is 1. The van der Waals surface area contributed by atoms with Gasteiger partial charge in [0.15, 0.2) is 0 Å². The normalized spacial score (nSPS) is 21.2. The minimum Gasteiger partial charge on any atom is -0.383 e. The average molecular weight is 453 g/mol. The lowest BCUT2D eigenvalue weighted by Crippen LogP contribution is -2.41. The monoisotopic (exact) mass is 452 g/mol. The first kappa shape index (κ1) is 25.4. The van der Waals surface area contributed by atoms with Crippen LogP contribution in [0, 0.1) is 23.2 Å². The fraction of sp³-hybridized carbons (Fsp3) is 0.714. The molecule has 0 spiro atoms. The number of amides is 1. The molecule has 3 rings (SSSR count). The van der Waals surface area contributed by atoms with E-state index < -0.39 is 0 Å². The molecule has 2 fully saturated rings. The van der Waals surface area contributed by atoms with Crippen LogP contribution in [0.15, 0.2) is 18.2 Å². The van der Waals surface area contributed by atoms with Gasteiger partial charge in [-0.25, -0.2) is 0 Å². The first-order valence-corrected chi connectivity index (χ1v) is 13.5. The van der Waals surface area contributed by atoms with Crippen LogP contribution in [0.1, 0.15) is 96.5 Å². The number of nitriles is 1. The maximum Gasteiger partial charge on any atom is 0.224 e. The molecule has 1 aromatic carbocycles. The standard InChI is InChI=1S/C28H44N4O/c1-3-8-22-11-13-23(14-12-22)21-31-27-19-24(20-29)15-16-26(27)30-18-17-28(33)32(4-2)25-9-6-5-7-10-25/h15-16,19,22-23,25,30-31H,3-14,17-18,21H2,1-2H3. The molecule has 2 saturated carbocycles. The Labute approximate surface area is 201 Å². The molecule has 1 amide bonds. The van der Waals surface area contributed by atoms with Crippen molar-refractivity contribution in [3.05, 3.63) is 23.8 Å². The van der Waals surface area contributed by atoms with Crippen molar-refractivity contribution in [3.63, 3.8) is 0 Å². The lowest BCUT2D eigenvalue weighted by atomic mass is 9.80. The van der Waals surface area contributed by atoms with Crippen LogP contribution in [0.5, 0.6) is 0 Å². The molecule has 2 N–H and O–H groups in total. The van der Waals surface area contributed by atoms with Crippen molar-refractivity contribution in [2.75, 3.05) is 30.3 Å². The van der Waals surface area contributed by atoms with E-state index in [9.17, 15) is 10.1 Å². The van der Waals surface area contributed by atoms with Crippen LogP contribution >= 0.6 is 0 Å².